The number of fused-ring (bicyclic) bond motifs is 1. The molecule has 1 aliphatic carbocycles. The van der Waals surface area contributed by atoms with Gasteiger partial charge in [-0.2, -0.15) is 0 Å². The van der Waals surface area contributed by atoms with Crippen LogP contribution >= 0.6 is 0 Å². The van der Waals surface area contributed by atoms with E-state index in [0.717, 1.165) is 42.3 Å². The first-order valence-corrected chi connectivity index (χ1v) is 9.73. The Morgan fingerprint density at radius 2 is 1.63 bits per heavy atom. The van der Waals surface area contributed by atoms with Gasteiger partial charge < -0.3 is 9.88 Å². The molecule has 0 atom stereocenters. The predicted octanol–water partition coefficient (Wildman–Crippen LogP) is 3.22. The van der Waals surface area contributed by atoms with Crippen molar-refractivity contribution >= 4 is 16.9 Å². The van der Waals surface area contributed by atoms with Gasteiger partial charge in [-0.3, -0.25) is 9.36 Å². The fourth-order valence-electron chi connectivity index (χ4n) is 4.57. The van der Waals surface area contributed by atoms with Crippen LogP contribution in [0.4, 0.5) is 0 Å². The molecule has 5 nitrogen and oxygen atoms in total. The molecule has 138 valence electrons. The van der Waals surface area contributed by atoms with Crippen molar-refractivity contribution in [2.24, 2.45) is 0 Å². The number of rotatable bonds is 3. The van der Waals surface area contributed by atoms with Crippen molar-refractivity contribution in [3.63, 3.8) is 0 Å². The van der Waals surface area contributed by atoms with Gasteiger partial charge in [-0.25, -0.2) is 4.79 Å². The number of aromatic amines is 1. The molecule has 5 rings (SSSR count). The van der Waals surface area contributed by atoms with Crippen LogP contribution in [0.25, 0.3) is 11.0 Å². The number of para-hydroxylation sites is 2. The van der Waals surface area contributed by atoms with Crippen LogP contribution in [0, 0.1) is 0 Å². The third kappa shape index (κ3) is 2.60. The molecule has 1 aromatic heterocycles. The largest absolute Gasteiger partial charge is 0.342 e. The highest BCUT2D eigenvalue weighted by molar-refractivity contribution is 5.91. The number of likely N-dealkylation sites (tertiary alicyclic amines) is 1. The fraction of sp³-hybridized carbons (Fsp3) is 0.364. The maximum atomic E-state index is 13.2. The highest BCUT2D eigenvalue weighted by Crippen LogP contribution is 2.50. The minimum atomic E-state index is -0.300. The molecule has 27 heavy (non-hydrogen) atoms. The molecule has 1 N–H and O–H groups in total. The number of H-pyrrole nitrogens is 1. The maximum Gasteiger partial charge on any atom is 0.326 e. The first-order valence-electron chi connectivity index (χ1n) is 9.73. The van der Waals surface area contributed by atoms with Crippen LogP contribution in [0.3, 0.4) is 0 Å². The minimum absolute atomic E-state index is 0.0519. The van der Waals surface area contributed by atoms with E-state index in [1.165, 1.54) is 0 Å². The fourth-order valence-corrected chi connectivity index (χ4v) is 4.57. The Morgan fingerprint density at radius 3 is 2.33 bits per heavy atom. The summed E-state index contributed by atoms with van der Waals surface area (Å²) < 4.78 is 1.88. The van der Waals surface area contributed by atoms with Crippen molar-refractivity contribution in [1.29, 1.82) is 0 Å². The zero-order chi connectivity index (χ0) is 18.4. The van der Waals surface area contributed by atoms with Crippen molar-refractivity contribution in [2.45, 2.75) is 37.1 Å². The average molecular weight is 361 g/mol. The molecule has 2 aliphatic rings. The van der Waals surface area contributed by atoms with E-state index in [1.54, 1.807) is 0 Å². The van der Waals surface area contributed by atoms with Crippen LogP contribution in [0.5, 0.6) is 0 Å². The number of amides is 1. The van der Waals surface area contributed by atoms with Gasteiger partial charge in [0.25, 0.3) is 0 Å². The van der Waals surface area contributed by atoms with Crippen LogP contribution < -0.4 is 5.69 Å². The quantitative estimate of drug-likeness (QED) is 0.779. The first kappa shape index (κ1) is 16.4. The number of hydrogen-bond acceptors (Lipinski definition) is 2. The van der Waals surface area contributed by atoms with Crippen molar-refractivity contribution in [1.82, 2.24) is 14.5 Å². The molecule has 0 bridgehead atoms. The standard InChI is InChI=1S/C22H23N3O2/c26-20(22(12-13-22)16-6-2-1-3-7-16)24-14-10-17(11-15-24)25-19-9-5-4-8-18(19)23-21(25)27/h1-9,17H,10-15H2,(H,23,27). The number of nitrogens with zero attached hydrogens (tertiary/aromatic N) is 2. The second-order valence-corrected chi connectivity index (χ2v) is 7.79. The van der Waals surface area contributed by atoms with E-state index < -0.39 is 0 Å². The van der Waals surface area contributed by atoms with E-state index in [0.29, 0.717) is 13.1 Å². The van der Waals surface area contributed by atoms with E-state index in [4.69, 9.17) is 0 Å². The number of carbonyl (C=O) groups is 1. The van der Waals surface area contributed by atoms with Gasteiger partial charge in [0.05, 0.1) is 16.4 Å². The lowest BCUT2D eigenvalue weighted by Crippen LogP contribution is -2.45. The monoisotopic (exact) mass is 361 g/mol. The minimum Gasteiger partial charge on any atom is -0.342 e. The molecule has 2 aromatic carbocycles. The van der Waals surface area contributed by atoms with Crippen molar-refractivity contribution in [3.8, 4) is 0 Å². The van der Waals surface area contributed by atoms with Gasteiger partial charge in [0.15, 0.2) is 0 Å². The van der Waals surface area contributed by atoms with E-state index >= 15 is 0 Å². The zero-order valence-electron chi connectivity index (χ0n) is 15.2. The smallest absolute Gasteiger partial charge is 0.326 e. The topological polar surface area (TPSA) is 58.1 Å². The SMILES string of the molecule is O=C(N1CCC(n2c(=O)[nH]c3ccccc32)CC1)C1(c2ccccc2)CC1. The zero-order valence-corrected chi connectivity index (χ0v) is 15.2. The predicted molar refractivity (Wildman–Crippen MR) is 105 cm³/mol. The number of nitrogens with one attached hydrogen (secondary N) is 1. The molecule has 3 aromatic rings. The molecule has 1 saturated heterocycles. The second kappa shape index (κ2) is 6.12. The third-order valence-electron chi connectivity index (χ3n) is 6.23. The number of benzene rings is 2. The molecule has 1 amide bonds. The Hall–Kier alpha value is -2.82. The average Bonchev–Trinajstić information content (AvgIpc) is 3.46. The lowest BCUT2D eigenvalue weighted by Gasteiger charge is -2.35. The van der Waals surface area contributed by atoms with Crippen LogP contribution in [-0.4, -0.2) is 33.4 Å². The van der Waals surface area contributed by atoms with Gasteiger partial charge in [0.2, 0.25) is 5.91 Å². The lowest BCUT2D eigenvalue weighted by molar-refractivity contribution is -0.135. The number of aromatic nitrogens is 2. The van der Waals surface area contributed by atoms with Gasteiger partial charge in [-0.15, -0.1) is 0 Å². The lowest BCUT2D eigenvalue weighted by atomic mass is 9.93. The molecular weight excluding hydrogens is 338 g/mol. The molecule has 5 heteroatoms. The summed E-state index contributed by atoms with van der Waals surface area (Å²) in [6.45, 7) is 1.42. The second-order valence-electron chi connectivity index (χ2n) is 7.79. The van der Waals surface area contributed by atoms with Crippen LogP contribution in [0.15, 0.2) is 59.4 Å². The summed E-state index contributed by atoms with van der Waals surface area (Å²) in [6, 6.07) is 18.1. The molecule has 0 unspecified atom stereocenters. The molecule has 1 aliphatic heterocycles. The van der Waals surface area contributed by atoms with E-state index in [-0.39, 0.29) is 23.1 Å². The highest BCUT2D eigenvalue weighted by Gasteiger charge is 2.53. The normalized spacial score (nSPS) is 19.3. The van der Waals surface area contributed by atoms with Crippen LogP contribution in [-0.2, 0) is 10.2 Å². The van der Waals surface area contributed by atoms with Crippen molar-refractivity contribution < 1.29 is 4.79 Å². The summed E-state index contributed by atoms with van der Waals surface area (Å²) in [7, 11) is 0. The summed E-state index contributed by atoms with van der Waals surface area (Å²) in [5.41, 5.74) is 2.62. The number of hydrogen-bond donors (Lipinski definition) is 1. The van der Waals surface area contributed by atoms with Crippen LogP contribution in [0.1, 0.15) is 37.3 Å². The van der Waals surface area contributed by atoms with Gasteiger partial charge in [-0.05, 0) is 43.4 Å². The number of piperidine rings is 1. The third-order valence-corrected chi connectivity index (χ3v) is 6.23. The van der Waals surface area contributed by atoms with Gasteiger partial charge in [0.1, 0.15) is 0 Å². The van der Waals surface area contributed by atoms with Crippen molar-refractivity contribution in [2.75, 3.05) is 13.1 Å². The first-order chi connectivity index (χ1) is 13.2. The van der Waals surface area contributed by atoms with E-state index in [1.807, 2.05) is 51.9 Å². The highest BCUT2D eigenvalue weighted by atomic mass is 16.2. The molecule has 2 heterocycles. The number of carbonyl (C=O) groups excluding carboxylic acids is 1. The van der Waals surface area contributed by atoms with Gasteiger partial charge >= 0.3 is 5.69 Å². The van der Waals surface area contributed by atoms with Gasteiger partial charge in [0, 0.05) is 19.1 Å². The molecule has 2 fully saturated rings. The summed E-state index contributed by atoms with van der Waals surface area (Å²) in [5, 5.41) is 0. The summed E-state index contributed by atoms with van der Waals surface area (Å²) in [4.78, 5) is 30.6. The summed E-state index contributed by atoms with van der Waals surface area (Å²) in [6.07, 6.45) is 3.52. The Labute approximate surface area is 157 Å². The Balaban J connectivity index is 1.34. The Bertz CT molecular complexity index is 1040. The van der Waals surface area contributed by atoms with Crippen molar-refractivity contribution in [3.05, 3.63) is 70.6 Å². The van der Waals surface area contributed by atoms with Gasteiger partial charge in [-0.1, -0.05) is 42.5 Å². The summed E-state index contributed by atoms with van der Waals surface area (Å²) in [5.74, 6) is 0.262. The molecule has 1 saturated carbocycles. The van der Waals surface area contributed by atoms with E-state index in [9.17, 15) is 9.59 Å². The summed E-state index contributed by atoms with van der Waals surface area (Å²) >= 11 is 0. The molecule has 0 spiro atoms. The molecule has 0 radical (unpaired) electrons. The number of imidazole rings is 1. The van der Waals surface area contributed by atoms with Crippen LogP contribution in [0.2, 0.25) is 0 Å². The Kier molecular flexibility index (Phi) is 3.71. The van der Waals surface area contributed by atoms with E-state index in [2.05, 4.69) is 17.1 Å². The Morgan fingerprint density at radius 1 is 0.963 bits per heavy atom. The molecular formula is C22H23N3O2. The maximum absolute atomic E-state index is 13.2.